The van der Waals surface area contributed by atoms with Gasteiger partial charge in [-0.2, -0.15) is 20.4 Å². The van der Waals surface area contributed by atoms with E-state index in [1.54, 1.807) is 17.1 Å². The van der Waals surface area contributed by atoms with Crippen molar-refractivity contribution in [3.63, 3.8) is 0 Å². The fraction of sp³-hybridized carbons (Fsp3) is 0.125. The average Bonchev–Trinajstić information content (AvgIpc) is 3.52. The van der Waals surface area contributed by atoms with E-state index in [-0.39, 0.29) is 23.0 Å². The molecule has 11 heteroatoms. The molecule has 0 aliphatic carbocycles. The zero-order valence-corrected chi connectivity index (χ0v) is 19.0. The van der Waals surface area contributed by atoms with E-state index in [2.05, 4.69) is 25.5 Å². The molecule has 0 saturated heterocycles. The molecule has 0 aliphatic heterocycles. The number of aromatic nitrogens is 6. The van der Waals surface area contributed by atoms with Crippen LogP contribution in [0.1, 0.15) is 22.5 Å². The molecule has 3 aromatic heterocycles. The quantitative estimate of drug-likeness (QED) is 0.354. The van der Waals surface area contributed by atoms with E-state index in [9.17, 15) is 14.8 Å². The molecule has 0 amide bonds. The normalized spacial score (nSPS) is 11.0. The molecule has 0 aliphatic rings. The van der Waals surface area contributed by atoms with Crippen molar-refractivity contribution < 1.29 is 9.50 Å². The van der Waals surface area contributed by atoms with Crippen LogP contribution in [0.25, 0.3) is 11.0 Å². The minimum Gasteiger partial charge on any atom is -0.505 e. The minimum absolute atomic E-state index is 0.0566. The van der Waals surface area contributed by atoms with Crippen molar-refractivity contribution >= 4 is 28.5 Å². The number of rotatable bonds is 7. The number of nitriles is 1. The van der Waals surface area contributed by atoms with Crippen LogP contribution < -0.4 is 5.32 Å². The summed E-state index contributed by atoms with van der Waals surface area (Å²) in [6.45, 7) is 1.11. The summed E-state index contributed by atoms with van der Waals surface area (Å²) < 4.78 is 17.9. The molecule has 5 rings (SSSR count). The molecule has 0 atom stereocenters. The minimum atomic E-state index is -0.817. The fourth-order valence-electron chi connectivity index (χ4n) is 3.66. The van der Waals surface area contributed by atoms with Crippen LogP contribution in [0, 0.1) is 17.1 Å². The molecule has 0 fully saturated rings. The number of benzene rings is 2. The Kier molecular flexibility index (Phi) is 5.99. The van der Waals surface area contributed by atoms with Crippen LogP contribution in [0.15, 0.2) is 61.1 Å². The second-order valence-electron chi connectivity index (χ2n) is 7.80. The Labute approximate surface area is 204 Å². The second kappa shape index (κ2) is 9.40. The predicted molar refractivity (Wildman–Crippen MR) is 127 cm³/mol. The van der Waals surface area contributed by atoms with Crippen molar-refractivity contribution in [2.45, 2.75) is 19.6 Å². The standard InChI is InChI=1S/C24H18ClFN8O/c25-19-6-7-20(35)22(26)17(19)11-28-23-18-14-34(32-24(18)31-21(10-27)30-23)13-16-4-2-15(3-5-16)12-33-9-1-8-29-33/h1-9,14,35H,11-13H2,(H,28,30,31,32). The zero-order valence-electron chi connectivity index (χ0n) is 18.2. The van der Waals surface area contributed by atoms with Gasteiger partial charge in [-0.3, -0.25) is 9.36 Å². The van der Waals surface area contributed by atoms with Crippen molar-refractivity contribution in [1.29, 1.82) is 5.26 Å². The Hall–Kier alpha value is -4.49. The van der Waals surface area contributed by atoms with Gasteiger partial charge in [0.25, 0.3) is 0 Å². The van der Waals surface area contributed by atoms with Gasteiger partial charge in [-0.15, -0.1) is 0 Å². The molecular weight excluding hydrogens is 471 g/mol. The van der Waals surface area contributed by atoms with Crippen LogP contribution in [0.5, 0.6) is 5.75 Å². The highest BCUT2D eigenvalue weighted by Gasteiger charge is 2.16. The van der Waals surface area contributed by atoms with Gasteiger partial charge < -0.3 is 10.4 Å². The largest absolute Gasteiger partial charge is 0.505 e. The van der Waals surface area contributed by atoms with E-state index < -0.39 is 11.6 Å². The Balaban J connectivity index is 1.38. The average molecular weight is 489 g/mol. The van der Waals surface area contributed by atoms with Crippen LogP contribution in [0.3, 0.4) is 0 Å². The summed E-state index contributed by atoms with van der Waals surface area (Å²) in [7, 11) is 0. The molecular formula is C24H18ClFN8O. The van der Waals surface area contributed by atoms with E-state index in [0.717, 1.165) is 11.1 Å². The van der Waals surface area contributed by atoms with Crippen LogP contribution in [0.4, 0.5) is 10.2 Å². The highest BCUT2D eigenvalue weighted by Crippen LogP contribution is 2.28. The van der Waals surface area contributed by atoms with Crippen LogP contribution in [-0.2, 0) is 19.6 Å². The van der Waals surface area contributed by atoms with Gasteiger partial charge in [-0.05, 0) is 29.3 Å². The predicted octanol–water partition coefficient (Wildman–Crippen LogP) is 4.10. The lowest BCUT2D eigenvalue weighted by atomic mass is 10.1. The maximum Gasteiger partial charge on any atom is 0.236 e. The summed E-state index contributed by atoms with van der Waals surface area (Å²) >= 11 is 6.09. The zero-order chi connectivity index (χ0) is 24.4. The first-order chi connectivity index (χ1) is 17.0. The molecule has 5 aromatic rings. The molecule has 2 aromatic carbocycles. The van der Waals surface area contributed by atoms with Gasteiger partial charge in [0.05, 0.1) is 18.5 Å². The molecule has 0 radical (unpaired) electrons. The topological polar surface area (TPSA) is 117 Å². The molecule has 3 heterocycles. The second-order valence-corrected chi connectivity index (χ2v) is 8.21. The summed E-state index contributed by atoms with van der Waals surface area (Å²) in [6.07, 6.45) is 5.42. The Morgan fingerprint density at radius 3 is 2.49 bits per heavy atom. The van der Waals surface area contributed by atoms with Gasteiger partial charge in [0.1, 0.15) is 11.9 Å². The first kappa shape index (κ1) is 22.3. The molecule has 35 heavy (non-hydrogen) atoms. The first-order valence-corrected chi connectivity index (χ1v) is 11.0. The van der Waals surface area contributed by atoms with Crippen molar-refractivity contribution in [2.24, 2.45) is 0 Å². The Morgan fingerprint density at radius 2 is 1.80 bits per heavy atom. The Morgan fingerprint density at radius 1 is 1.06 bits per heavy atom. The monoisotopic (exact) mass is 488 g/mol. The number of aromatic hydroxyl groups is 1. The lowest BCUT2D eigenvalue weighted by Gasteiger charge is -2.10. The van der Waals surface area contributed by atoms with E-state index in [1.807, 2.05) is 47.3 Å². The highest BCUT2D eigenvalue weighted by atomic mass is 35.5. The molecule has 174 valence electrons. The molecule has 0 bridgehead atoms. The number of hydrogen-bond donors (Lipinski definition) is 2. The van der Waals surface area contributed by atoms with Gasteiger partial charge in [-0.25, -0.2) is 9.37 Å². The summed E-state index contributed by atoms with van der Waals surface area (Å²) in [4.78, 5) is 8.39. The van der Waals surface area contributed by atoms with E-state index in [4.69, 9.17) is 11.6 Å². The fourth-order valence-corrected chi connectivity index (χ4v) is 3.87. The molecule has 9 nitrogen and oxygen atoms in total. The summed E-state index contributed by atoms with van der Waals surface area (Å²) in [5, 5.41) is 31.4. The van der Waals surface area contributed by atoms with E-state index >= 15 is 0 Å². The van der Waals surface area contributed by atoms with Crippen molar-refractivity contribution in [3.05, 3.63) is 94.4 Å². The van der Waals surface area contributed by atoms with Gasteiger partial charge in [-0.1, -0.05) is 35.9 Å². The third kappa shape index (κ3) is 4.76. The number of fused-ring (bicyclic) bond motifs is 1. The molecule has 2 N–H and O–H groups in total. The Bertz CT molecular complexity index is 1540. The van der Waals surface area contributed by atoms with Gasteiger partial charge in [0, 0.05) is 35.7 Å². The van der Waals surface area contributed by atoms with Gasteiger partial charge in [0.2, 0.25) is 5.82 Å². The SMILES string of the molecule is N#Cc1nc(NCc2c(Cl)ccc(O)c2F)c2cn(Cc3ccc(Cn4cccn4)cc3)nc2n1. The maximum atomic E-state index is 14.3. The van der Waals surface area contributed by atoms with Gasteiger partial charge in [0.15, 0.2) is 17.2 Å². The smallest absolute Gasteiger partial charge is 0.236 e. The van der Waals surface area contributed by atoms with Crippen molar-refractivity contribution in [3.8, 4) is 11.8 Å². The van der Waals surface area contributed by atoms with E-state index in [0.29, 0.717) is 29.9 Å². The molecule has 0 saturated carbocycles. The summed E-state index contributed by atoms with van der Waals surface area (Å²) in [6, 6.07) is 14.5. The number of phenolic OH excluding ortho intramolecular Hbond substituents is 1. The van der Waals surface area contributed by atoms with Crippen molar-refractivity contribution in [1.82, 2.24) is 29.5 Å². The number of anilines is 1. The van der Waals surface area contributed by atoms with E-state index in [1.165, 1.54) is 12.1 Å². The summed E-state index contributed by atoms with van der Waals surface area (Å²) in [5.74, 6) is -1.08. The van der Waals surface area contributed by atoms with Crippen molar-refractivity contribution in [2.75, 3.05) is 5.32 Å². The number of nitrogens with one attached hydrogen (secondary N) is 1. The number of nitrogens with zero attached hydrogens (tertiary/aromatic N) is 7. The first-order valence-electron chi connectivity index (χ1n) is 10.6. The third-order valence-electron chi connectivity index (χ3n) is 5.40. The highest BCUT2D eigenvalue weighted by molar-refractivity contribution is 6.31. The third-order valence-corrected chi connectivity index (χ3v) is 5.75. The van der Waals surface area contributed by atoms with Crippen LogP contribution in [-0.4, -0.2) is 34.6 Å². The molecule has 0 unspecified atom stereocenters. The van der Waals surface area contributed by atoms with Gasteiger partial charge >= 0.3 is 0 Å². The number of hydrogen-bond acceptors (Lipinski definition) is 7. The summed E-state index contributed by atoms with van der Waals surface area (Å²) in [5.41, 5.74) is 2.56. The molecule has 0 spiro atoms. The van der Waals surface area contributed by atoms with Crippen LogP contribution >= 0.6 is 11.6 Å². The van der Waals surface area contributed by atoms with Crippen LogP contribution in [0.2, 0.25) is 5.02 Å². The lowest BCUT2D eigenvalue weighted by Crippen LogP contribution is -2.06. The maximum absolute atomic E-state index is 14.3. The number of halogens is 2. The lowest BCUT2D eigenvalue weighted by molar-refractivity contribution is 0.429. The number of phenols is 1.